The van der Waals surface area contributed by atoms with Crippen molar-refractivity contribution < 1.29 is 4.79 Å². The van der Waals surface area contributed by atoms with Crippen LogP contribution in [0.4, 0.5) is 0 Å². The van der Waals surface area contributed by atoms with Crippen molar-refractivity contribution >= 4 is 5.91 Å². The number of aryl methyl sites for hydroxylation is 1. The maximum Gasteiger partial charge on any atom is 0.274 e. The summed E-state index contributed by atoms with van der Waals surface area (Å²) in [6, 6.07) is 1.73. The number of aromatic nitrogens is 4. The molecule has 5 heterocycles. The lowest BCUT2D eigenvalue weighted by atomic mass is 9.85. The van der Waals surface area contributed by atoms with Crippen LogP contribution < -0.4 is 5.56 Å². The molecule has 0 aromatic carbocycles. The number of fused-ring (bicyclic) bond motifs is 3. The smallest absolute Gasteiger partial charge is 0.274 e. The summed E-state index contributed by atoms with van der Waals surface area (Å²) in [6.07, 6.45) is 7.27. The lowest BCUT2D eigenvalue weighted by Gasteiger charge is -2.29. The van der Waals surface area contributed by atoms with Crippen LogP contribution in [0, 0.1) is 5.92 Å². The molecule has 1 spiro atoms. The monoisotopic (exact) mass is 408 g/mol. The minimum atomic E-state index is -0.117. The largest absolute Gasteiger partial charge is 0.332 e. The van der Waals surface area contributed by atoms with Gasteiger partial charge in [0, 0.05) is 51.3 Å². The SMILES string of the molecule is Cn1ccc(C(=O)N2CCc3nc4n(c(=O)c3C2)CCC42CCN(CC3CC3)C2)n1. The van der Waals surface area contributed by atoms with E-state index in [4.69, 9.17) is 4.98 Å². The van der Waals surface area contributed by atoms with Gasteiger partial charge in [-0.05, 0) is 44.2 Å². The van der Waals surface area contributed by atoms with Crippen LogP contribution in [0.3, 0.4) is 0 Å². The zero-order valence-electron chi connectivity index (χ0n) is 17.5. The van der Waals surface area contributed by atoms with Crippen LogP contribution in [-0.2, 0) is 32.0 Å². The topological polar surface area (TPSA) is 76.3 Å². The first-order valence-electron chi connectivity index (χ1n) is 11.2. The first kappa shape index (κ1) is 18.3. The molecule has 1 aliphatic carbocycles. The summed E-state index contributed by atoms with van der Waals surface area (Å²) >= 11 is 0. The van der Waals surface area contributed by atoms with Gasteiger partial charge in [-0.25, -0.2) is 4.98 Å². The van der Waals surface area contributed by atoms with Gasteiger partial charge in [-0.15, -0.1) is 0 Å². The van der Waals surface area contributed by atoms with Crippen LogP contribution in [0.15, 0.2) is 17.1 Å². The number of carbonyl (C=O) groups is 1. The third kappa shape index (κ3) is 2.84. The minimum Gasteiger partial charge on any atom is -0.332 e. The Balaban J connectivity index is 1.28. The number of hydrogen-bond acceptors (Lipinski definition) is 5. The fourth-order valence-corrected chi connectivity index (χ4v) is 5.60. The van der Waals surface area contributed by atoms with Crippen molar-refractivity contribution in [3.63, 3.8) is 0 Å². The Morgan fingerprint density at radius 2 is 2.07 bits per heavy atom. The summed E-state index contributed by atoms with van der Waals surface area (Å²) in [5, 5.41) is 4.22. The summed E-state index contributed by atoms with van der Waals surface area (Å²) in [6.45, 7) is 5.03. The molecule has 1 saturated carbocycles. The third-order valence-corrected chi connectivity index (χ3v) is 7.47. The fourth-order valence-electron chi connectivity index (χ4n) is 5.60. The van der Waals surface area contributed by atoms with Gasteiger partial charge in [-0.3, -0.25) is 18.8 Å². The normalized spacial score (nSPS) is 25.7. The van der Waals surface area contributed by atoms with E-state index in [1.165, 1.54) is 19.4 Å². The molecule has 1 unspecified atom stereocenters. The molecule has 2 aromatic rings. The van der Waals surface area contributed by atoms with Gasteiger partial charge < -0.3 is 9.80 Å². The fraction of sp³-hybridized carbons (Fsp3) is 0.636. The molecule has 8 nitrogen and oxygen atoms in total. The zero-order valence-corrected chi connectivity index (χ0v) is 17.5. The quantitative estimate of drug-likeness (QED) is 0.755. The number of hydrogen-bond donors (Lipinski definition) is 0. The molecule has 0 bridgehead atoms. The highest BCUT2D eigenvalue weighted by molar-refractivity contribution is 5.92. The van der Waals surface area contributed by atoms with Crippen molar-refractivity contribution in [1.82, 2.24) is 29.1 Å². The predicted octanol–water partition coefficient (Wildman–Crippen LogP) is 0.933. The van der Waals surface area contributed by atoms with Crippen LogP contribution in [0.25, 0.3) is 0 Å². The Labute approximate surface area is 175 Å². The summed E-state index contributed by atoms with van der Waals surface area (Å²) in [5.74, 6) is 1.78. The van der Waals surface area contributed by atoms with Crippen molar-refractivity contribution in [3.05, 3.63) is 45.4 Å². The van der Waals surface area contributed by atoms with Crippen LogP contribution in [0.5, 0.6) is 0 Å². The Hall–Kier alpha value is -2.48. The molecule has 2 fully saturated rings. The minimum absolute atomic E-state index is 0.0456. The molecular formula is C22H28N6O2. The van der Waals surface area contributed by atoms with Crippen LogP contribution in [-0.4, -0.2) is 61.2 Å². The van der Waals surface area contributed by atoms with Crippen LogP contribution in [0.2, 0.25) is 0 Å². The molecule has 8 heteroatoms. The Kier molecular flexibility index (Phi) is 3.97. The zero-order chi connectivity index (χ0) is 20.5. The second-order valence-corrected chi connectivity index (χ2v) is 9.63. The van der Waals surface area contributed by atoms with E-state index in [1.807, 2.05) is 4.57 Å². The number of carbonyl (C=O) groups excluding carboxylic acids is 1. The van der Waals surface area contributed by atoms with Gasteiger partial charge in [0.25, 0.3) is 11.5 Å². The van der Waals surface area contributed by atoms with E-state index >= 15 is 0 Å². The average molecular weight is 409 g/mol. The van der Waals surface area contributed by atoms with Gasteiger partial charge in [0.05, 0.1) is 17.8 Å². The second kappa shape index (κ2) is 6.51. The highest BCUT2D eigenvalue weighted by Crippen LogP contribution is 2.42. The maximum absolute atomic E-state index is 13.4. The van der Waals surface area contributed by atoms with Crippen molar-refractivity contribution in [2.45, 2.75) is 50.6 Å². The van der Waals surface area contributed by atoms with Crippen molar-refractivity contribution in [3.8, 4) is 0 Å². The first-order chi connectivity index (χ1) is 14.5. The maximum atomic E-state index is 13.4. The molecule has 1 atom stereocenters. The number of amides is 1. The Morgan fingerprint density at radius 1 is 1.23 bits per heavy atom. The molecule has 2 aromatic heterocycles. The molecule has 0 radical (unpaired) electrons. The molecule has 158 valence electrons. The second-order valence-electron chi connectivity index (χ2n) is 9.63. The van der Waals surface area contributed by atoms with E-state index in [0.717, 1.165) is 49.9 Å². The van der Waals surface area contributed by atoms with E-state index in [9.17, 15) is 9.59 Å². The molecule has 1 saturated heterocycles. The predicted molar refractivity (Wildman–Crippen MR) is 110 cm³/mol. The highest BCUT2D eigenvalue weighted by atomic mass is 16.2. The van der Waals surface area contributed by atoms with Crippen molar-refractivity contribution in [1.29, 1.82) is 0 Å². The van der Waals surface area contributed by atoms with E-state index in [2.05, 4.69) is 10.00 Å². The van der Waals surface area contributed by atoms with E-state index in [1.54, 1.807) is 28.9 Å². The molecular weight excluding hydrogens is 380 g/mol. The van der Waals surface area contributed by atoms with Crippen LogP contribution >= 0.6 is 0 Å². The Morgan fingerprint density at radius 3 is 2.83 bits per heavy atom. The highest BCUT2D eigenvalue weighted by Gasteiger charge is 2.47. The van der Waals surface area contributed by atoms with E-state index in [-0.39, 0.29) is 16.9 Å². The first-order valence-corrected chi connectivity index (χ1v) is 11.2. The van der Waals surface area contributed by atoms with Crippen LogP contribution in [0.1, 0.15) is 53.3 Å². The van der Waals surface area contributed by atoms with Gasteiger partial charge in [-0.2, -0.15) is 5.10 Å². The summed E-state index contributed by atoms with van der Waals surface area (Å²) in [7, 11) is 1.80. The number of likely N-dealkylation sites (tertiary alicyclic amines) is 1. The Bertz CT molecular complexity index is 1080. The molecule has 3 aliphatic heterocycles. The van der Waals surface area contributed by atoms with Gasteiger partial charge in [0.2, 0.25) is 0 Å². The molecule has 4 aliphatic rings. The standard InChI is InChI=1S/C22H28N6O2/c1-25-8-4-18(24-25)20(30)27-9-5-17-16(13-27)19(29)28-11-7-22(21(28)23-17)6-10-26(14-22)12-15-2-3-15/h4,8,15H,2-3,5-7,9-14H2,1H3. The number of rotatable bonds is 3. The van der Waals surface area contributed by atoms with Gasteiger partial charge in [-0.1, -0.05) is 0 Å². The van der Waals surface area contributed by atoms with E-state index < -0.39 is 0 Å². The summed E-state index contributed by atoms with van der Waals surface area (Å²) in [4.78, 5) is 35.6. The average Bonchev–Trinajstić information content (AvgIpc) is 3.14. The lowest BCUT2D eigenvalue weighted by Crippen LogP contribution is -2.42. The van der Waals surface area contributed by atoms with Gasteiger partial charge in [0.1, 0.15) is 11.5 Å². The third-order valence-electron chi connectivity index (χ3n) is 7.47. The lowest BCUT2D eigenvalue weighted by molar-refractivity contribution is 0.0725. The van der Waals surface area contributed by atoms with Crippen molar-refractivity contribution in [2.24, 2.45) is 13.0 Å². The molecule has 30 heavy (non-hydrogen) atoms. The van der Waals surface area contributed by atoms with Gasteiger partial charge >= 0.3 is 0 Å². The molecule has 1 amide bonds. The summed E-state index contributed by atoms with van der Waals surface area (Å²) < 4.78 is 3.54. The molecule has 6 rings (SSSR count). The molecule has 0 N–H and O–H groups in total. The van der Waals surface area contributed by atoms with Gasteiger partial charge in [0.15, 0.2) is 0 Å². The summed E-state index contributed by atoms with van der Waals surface area (Å²) in [5.41, 5.74) is 2.13. The van der Waals surface area contributed by atoms with E-state index in [0.29, 0.717) is 30.8 Å². The van der Waals surface area contributed by atoms with Crippen molar-refractivity contribution in [2.75, 3.05) is 26.2 Å². The number of nitrogens with zero attached hydrogens (tertiary/aromatic N) is 6.